The second-order valence-corrected chi connectivity index (χ2v) is 4.38. The van der Waals surface area contributed by atoms with Gasteiger partial charge in [0.2, 0.25) is 0 Å². The quantitative estimate of drug-likeness (QED) is 0.922. The highest BCUT2D eigenvalue weighted by Crippen LogP contribution is 2.28. The van der Waals surface area contributed by atoms with Crippen LogP contribution in [0.1, 0.15) is 31.2 Å². The number of rotatable bonds is 3. The Morgan fingerprint density at radius 1 is 1.44 bits per heavy atom. The maximum absolute atomic E-state index is 9.43. The molecule has 2 rings (SSSR count). The highest BCUT2D eigenvalue weighted by atomic mass is 79.9. The topological polar surface area (TPSA) is 23.5 Å². The summed E-state index contributed by atoms with van der Waals surface area (Å²) >= 11 is 0. The first-order valence-electron chi connectivity index (χ1n) is 5.81. The molecule has 0 bridgehead atoms. The molecule has 0 aromatic heterocycles. The second kappa shape index (κ2) is 6.26. The van der Waals surface area contributed by atoms with Gasteiger partial charge in [-0.15, -0.1) is 17.0 Å². The van der Waals surface area contributed by atoms with Gasteiger partial charge in [-0.05, 0) is 49.5 Å². The van der Waals surface area contributed by atoms with Gasteiger partial charge in [0.25, 0.3) is 0 Å². The number of phenolic OH excluding ortho intramolecular Hbond substituents is 1. The third-order valence-corrected chi connectivity index (χ3v) is 3.15. The molecule has 1 aliphatic heterocycles. The summed E-state index contributed by atoms with van der Waals surface area (Å²) < 4.78 is 0. The zero-order valence-electron chi connectivity index (χ0n) is 9.72. The lowest BCUT2D eigenvalue weighted by atomic mass is 9.98. The van der Waals surface area contributed by atoms with Crippen molar-refractivity contribution in [2.45, 2.75) is 25.7 Å². The second-order valence-electron chi connectivity index (χ2n) is 4.38. The molecule has 1 heterocycles. The Morgan fingerprint density at radius 2 is 2.25 bits per heavy atom. The highest BCUT2D eigenvalue weighted by Gasteiger charge is 2.22. The van der Waals surface area contributed by atoms with Crippen LogP contribution in [0.3, 0.4) is 0 Å². The molecule has 0 radical (unpaired) electrons. The summed E-state index contributed by atoms with van der Waals surface area (Å²) in [5.41, 5.74) is 1.29. The van der Waals surface area contributed by atoms with Crippen LogP contribution in [0.2, 0.25) is 0 Å². The summed E-state index contributed by atoms with van der Waals surface area (Å²) in [4.78, 5) is 2.51. The minimum atomic E-state index is 0. The van der Waals surface area contributed by atoms with Crippen molar-refractivity contribution in [2.75, 3.05) is 19.6 Å². The normalized spacial score (nSPS) is 20.7. The first-order chi connectivity index (χ1) is 7.29. The molecule has 2 nitrogen and oxygen atoms in total. The molecular weight excluding hydrogens is 266 g/mol. The largest absolute Gasteiger partial charge is 0.508 e. The van der Waals surface area contributed by atoms with Crippen LogP contribution in [-0.4, -0.2) is 29.6 Å². The first kappa shape index (κ1) is 13.5. The number of halogens is 1. The zero-order valence-corrected chi connectivity index (χ0v) is 11.4. The van der Waals surface area contributed by atoms with Crippen LogP contribution < -0.4 is 0 Å². The minimum Gasteiger partial charge on any atom is -0.508 e. The van der Waals surface area contributed by atoms with Crippen LogP contribution in [-0.2, 0) is 0 Å². The zero-order chi connectivity index (χ0) is 10.7. The van der Waals surface area contributed by atoms with E-state index in [0.29, 0.717) is 11.7 Å². The van der Waals surface area contributed by atoms with E-state index < -0.39 is 0 Å². The monoisotopic (exact) mass is 285 g/mol. The molecule has 1 aromatic rings. The number of hydrogen-bond acceptors (Lipinski definition) is 2. The molecule has 0 spiro atoms. The molecule has 1 unspecified atom stereocenters. The lowest BCUT2D eigenvalue weighted by molar-refractivity contribution is 0.335. The molecule has 90 valence electrons. The van der Waals surface area contributed by atoms with Gasteiger partial charge < -0.3 is 10.0 Å². The summed E-state index contributed by atoms with van der Waals surface area (Å²) in [5.74, 6) is 1.00. The van der Waals surface area contributed by atoms with Crippen molar-refractivity contribution in [3.63, 3.8) is 0 Å². The lowest BCUT2D eigenvalue weighted by Crippen LogP contribution is -2.20. The van der Waals surface area contributed by atoms with Gasteiger partial charge in [-0.25, -0.2) is 0 Å². The van der Waals surface area contributed by atoms with Crippen LogP contribution >= 0.6 is 17.0 Å². The summed E-state index contributed by atoms with van der Waals surface area (Å²) in [6.07, 6.45) is 2.45. The third kappa shape index (κ3) is 3.22. The smallest absolute Gasteiger partial charge is 0.115 e. The van der Waals surface area contributed by atoms with Crippen molar-refractivity contribution in [1.29, 1.82) is 0 Å². The third-order valence-electron chi connectivity index (χ3n) is 3.15. The molecule has 3 heteroatoms. The summed E-state index contributed by atoms with van der Waals surface area (Å²) in [6.45, 7) is 5.78. The Morgan fingerprint density at radius 3 is 2.94 bits per heavy atom. The van der Waals surface area contributed by atoms with Crippen LogP contribution in [0, 0.1) is 0 Å². The van der Waals surface area contributed by atoms with Crippen molar-refractivity contribution >= 4 is 17.0 Å². The lowest BCUT2D eigenvalue weighted by Gasteiger charge is -2.14. The fraction of sp³-hybridized carbons (Fsp3) is 0.538. The van der Waals surface area contributed by atoms with Crippen molar-refractivity contribution in [1.82, 2.24) is 4.90 Å². The molecule has 1 saturated heterocycles. The van der Waals surface area contributed by atoms with Gasteiger partial charge in [-0.1, -0.05) is 19.1 Å². The molecule has 0 saturated carbocycles. The number of nitrogens with zero attached hydrogens (tertiary/aromatic N) is 1. The van der Waals surface area contributed by atoms with E-state index >= 15 is 0 Å². The molecule has 1 N–H and O–H groups in total. The summed E-state index contributed by atoms with van der Waals surface area (Å²) in [7, 11) is 0. The van der Waals surface area contributed by atoms with Gasteiger partial charge in [-0.3, -0.25) is 0 Å². The average molecular weight is 286 g/mol. The summed E-state index contributed by atoms with van der Waals surface area (Å²) in [5, 5.41) is 9.43. The van der Waals surface area contributed by atoms with Gasteiger partial charge in [0.15, 0.2) is 0 Å². The van der Waals surface area contributed by atoms with E-state index in [1.54, 1.807) is 6.07 Å². The van der Waals surface area contributed by atoms with E-state index in [4.69, 9.17) is 0 Å². The summed E-state index contributed by atoms with van der Waals surface area (Å²) in [6, 6.07) is 7.70. The number of hydrogen-bond donors (Lipinski definition) is 1. The molecule has 1 fully saturated rings. The number of benzene rings is 1. The number of aromatic hydroxyl groups is 1. The highest BCUT2D eigenvalue weighted by molar-refractivity contribution is 8.93. The Bertz CT molecular complexity index is 329. The SMILES string of the molecule is Br.CCCN1CCC(c2cccc(O)c2)C1. The van der Waals surface area contributed by atoms with Crippen molar-refractivity contribution in [3.8, 4) is 5.75 Å². The van der Waals surface area contributed by atoms with Gasteiger partial charge in [-0.2, -0.15) is 0 Å². The predicted molar refractivity (Wildman–Crippen MR) is 72.5 cm³/mol. The van der Waals surface area contributed by atoms with E-state index in [1.807, 2.05) is 12.1 Å². The van der Waals surface area contributed by atoms with E-state index in [9.17, 15) is 5.11 Å². The molecular formula is C13H20BrNO. The fourth-order valence-electron chi connectivity index (χ4n) is 2.40. The Labute approximate surface area is 108 Å². The van der Waals surface area contributed by atoms with Crippen molar-refractivity contribution < 1.29 is 5.11 Å². The Hall–Kier alpha value is -0.540. The molecule has 16 heavy (non-hydrogen) atoms. The van der Waals surface area contributed by atoms with Crippen LogP contribution in [0.15, 0.2) is 24.3 Å². The number of phenols is 1. The van der Waals surface area contributed by atoms with Gasteiger partial charge >= 0.3 is 0 Å². The van der Waals surface area contributed by atoms with Crippen LogP contribution in [0.25, 0.3) is 0 Å². The molecule has 1 aromatic carbocycles. The van der Waals surface area contributed by atoms with Crippen LogP contribution in [0.4, 0.5) is 0 Å². The predicted octanol–water partition coefficient (Wildman–Crippen LogP) is 3.17. The maximum atomic E-state index is 9.43. The standard InChI is InChI=1S/C13H19NO.BrH/c1-2-7-14-8-6-12(10-14)11-4-3-5-13(15)9-11;/h3-5,9,12,15H,2,6-8,10H2,1H3;1H. The average Bonchev–Trinajstić information content (AvgIpc) is 2.67. The number of likely N-dealkylation sites (tertiary alicyclic amines) is 1. The first-order valence-corrected chi connectivity index (χ1v) is 5.81. The molecule has 0 aliphatic carbocycles. The van der Waals surface area contributed by atoms with E-state index in [-0.39, 0.29) is 17.0 Å². The van der Waals surface area contributed by atoms with E-state index in [0.717, 1.165) is 6.54 Å². The van der Waals surface area contributed by atoms with Gasteiger partial charge in [0.1, 0.15) is 5.75 Å². The molecule has 1 atom stereocenters. The fourth-order valence-corrected chi connectivity index (χ4v) is 2.40. The Balaban J connectivity index is 0.00000128. The maximum Gasteiger partial charge on any atom is 0.115 e. The van der Waals surface area contributed by atoms with Crippen molar-refractivity contribution in [2.24, 2.45) is 0 Å². The molecule has 1 aliphatic rings. The minimum absolute atomic E-state index is 0. The molecule has 0 amide bonds. The van der Waals surface area contributed by atoms with E-state index in [2.05, 4.69) is 17.9 Å². The van der Waals surface area contributed by atoms with Crippen molar-refractivity contribution in [3.05, 3.63) is 29.8 Å². The van der Waals surface area contributed by atoms with Gasteiger partial charge in [0.05, 0.1) is 0 Å². The van der Waals surface area contributed by atoms with Crippen LogP contribution in [0.5, 0.6) is 5.75 Å². The van der Waals surface area contributed by atoms with Gasteiger partial charge in [0, 0.05) is 6.54 Å². The Kier molecular flexibility index (Phi) is 5.29. The van der Waals surface area contributed by atoms with E-state index in [1.165, 1.54) is 31.5 Å².